The van der Waals surface area contributed by atoms with E-state index in [1.165, 1.54) is 13.0 Å². The minimum Gasteiger partial charge on any atom is -0.422 e. The van der Waals surface area contributed by atoms with E-state index in [-0.39, 0.29) is 35.3 Å². The number of amides is 1. The molecule has 0 aliphatic heterocycles. The number of pyridine rings is 1. The summed E-state index contributed by atoms with van der Waals surface area (Å²) in [6.45, 7) is 4.96. The van der Waals surface area contributed by atoms with Crippen molar-refractivity contribution in [2.45, 2.75) is 52.5 Å². The number of anilines is 1. The van der Waals surface area contributed by atoms with Crippen LogP contribution in [0.25, 0.3) is 11.0 Å². The molecule has 0 radical (unpaired) electrons. The summed E-state index contributed by atoms with van der Waals surface area (Å²) in [5, 5.41) is 3.12. The molecule has 2 aromatic heterocycles. The molecule has 0 bridgehead atoms. The molecule has 190 valence electrons. The monoisotopic (exact) mass is 612 g/mol. The smallest absolute Gasteiger partial charge is 0.339 e. The zero-order valence-corrected chi connectivity index (χ0v) is 22.9. The van der Waals surface area contributed by atoms with Gasteiger partial charge in [0.2, 0.25) is 5.91 Å². The lowest BCUT2D eigenvalue weighted by atomic mass is 9.94. The molecule has 6 nitrogen and oxygen atoms in total. The van der Waals surface area contributed by atoms with E-state index in [2.05, 4.69) is 5.32 Å². The van der Waals surface area contributed by atoms with E-state index in [0.717, 1.165) is 33.2 Å². The Balaban J connectivity index is 1.75. The number of benzene rings is 2. The molecular weight excluding hydrogens is 586 g/mol. The van der Waals surface area contributed by atoms with Crippen molar-refractivity contribution in [2.75, 3.05) is 5.32 Å². The van der Waals surface area contributed by atoms with Crippen LogP contribution in [0, 0.1) is 23.2 Å². The highest BCUT2D eigenvalue weighted by Gasteiger charge is 2.30. The first-order valence-electron chi connectivity index (χ1n) is 12.1. The standard InChI is InChI=1S/C29H26FIN2O4/c1-15-23(13-19-7-8-20(31)14-25(19)30)26-27(37-29(15)36)24(16(2)33(28(26)35)22-9-10-22)12-18-5-4-6-21(11-18)32-17(3)34/h4-8,11,14,22H,9-10,12-13H2,1-3H3,(H,32,34). The van der Waals surface area contributed by atoms with Crippen LogP contribution in [0.5, 0.6) is 0 Å². The Hall–Kier alpha value is -3.27. The van der Waals surface area contributed by atoms with Crippen LogP contribution in [0.3, 0.4) is 0 Å². The molecule has 5 rings (SSSR count). The highest BCUT2D eigenvalue weighted by atomic mass is 127. The Morgan fingerprint density at radius 3 is 2.54 bits per heavy atom. The second kappa shape index (κ2) is 9.89. The van der Waals surface area contributed by atoms with Crippen LogP contribution >= 0.6 is 22.6 Å². The predicted molar refractivity (Wildman–Crippen MR) is 150 cm³/mol. The van der Waals surface area contributed by atoms with Crippen molar-refractivity contribution in [3.8, 4) is 0 Å². The van der Waals surface area contributed by atoms with E-state index in [0.29, 0.717) is 34.2 Å². The Bertz CT molecular complexity index is 1680. The highest BCUT2D eigenvalue weighted by molar-refractivity contribution is 14.1. The first-order chi connectivity index (χ1) is 17.6. The lowest BCUT2D eigenvalue weighted by molar-refractivity contribution is -0.114. The molecule has 1 aliphatic rings. The molecule has 0 unspecified atom stereocenters. The fraction of sp³-hybridized carbons (Fsp3) is 0.276. The normalized spacial score (nSPS) is 13.2. The molecule has 1 saturated carbocycles. The van der Waals surface area contributed by atoms with Gasteiger partial charge in [0, 0.05) is 51.9 Å². The number of fused-ring (bicyclic) bond motifs is 1. The van der Waals surface area contributed by atoms with Crippen molar-refractivity contribution in [1.29, 1.82) is 0 Å². The van der Waals surface area contributed by atoms with Gasteiger partial charge in [-0.2, -0.15) is 0 Å². The molecule has 1 fully saturated rings. The number of hydrogen-bond acceptors (Lipinski definition) is 4. The van der Waals surface area contributed by atoms with Crippen molar-refractivity contribution >= 4 is 45.2 Å². The Morgan fingerprint density at radius 1 is 1.11 bits per heavy atom. The number of nitrogens with zero attached hydrogens (tertiary/aromatic N) is 1. The molecule has 1 aliphatic carbocycles. The molecule has 2 heterocycles. The first-order valence-corrected chi connectivity index (χ1v) is 13.2. The van der Waals surface area contributed by atoms with Gasteiger partial charge in [-0.25, -0.2) is 9.18 Å². The lowest BCUT2D eigenvalue weighted by Gasteiger charge is -2.19. The minimum atomic E-state index is -0.537. The van der Waals surface area contributed by atoms with E-state index in [4.69, 9.17) is 4.42 Å². The van der Waals surface area contributed by atoms with Crippen LogP contribution < -0.4 is 16.5 Å². The van der Waals surface area contributed by atoms with Crippen LogP contribution in [0.4, 0.5) is 10.1 Å². The minimum absolute atomic E-state index is 0.0940. The van der Waals surface area contributed by atoms with Crippen LogP contribution in [0.2, 0.25) is 0 Å². The zero-order valence-electron chi connectivity index (χ0n) is 20.8. The summed E-state index contributed by atoms with van der Waals surface area (Å²) >= 11 is 2.05. The van der Waals surface area contributed by atoms with Crippen LogP contribution in [-0.4, -0.2) is 10.5 Å². The van der Waals surface area contributed by atoms with Crippen LogP contribution in [-0.2, 0) is 17.6 Å². The van der Waals surface area contributed by atoms with Gasteiger partial charge in [0.05, 0.1) is 5.39 Å². The SMILES string of the molecule is CC(=O)Nc1cccc(Cc2c(C)n(C3CC3)c(=O)c3c(Cc4ccc(I)cc4F)c(C)c(=O)oc23)c1. The van der Waals surface area contributed by atoms with Gasteiger partial charge in [-0.05, 0) is 90.2 Å². The molecule has 0 atom stereocenters. The van der Waals surface area contributed by atoms with Crippen molar-refractivity contribution in [2.24, 2.45) is 0 Å². The maximum Gasteiger partial charge on any atom is 0.339 e. The van der Waals surface area contributed by atoms with E-state index in [9.17, 15) is 18.8 Å². The molecule has 2 aromatic carbocycles. The number of rotatable bonds is 6. The number of halogens is 2. The summed E-state index contributed by atoms with van der Waals surface area (Å²) in [4.78, 5) is 38.4. The average Bonchev–Trinajstić information content (AvgIpc) is 3.66. The van der Waals surface area contributed by atoms with Crippen molar-refractivity contribution < 1.29 is 13.6 Å². The van der Waals surface area contributed by atoms with Gasteiger partial charge in [-0.3, -0.25) is 9.59 Å². The number of carbonyl (C=O) groups is 1. The fourth-order valence-electron chi connectivity index (χ4n) is 4.91. The summed E-state index contributed by atoms with van der Waals surface area (Å²) in [6.07, 6.45) is 2.31. The third-order valence-corrected chi connectivity index (χ3v) is 7.58. The van der Waals surface area contributed by atoms with Gasteiger partial charge in [-0.1, -0.05) is 18.2 Å². The van der Waals surface area contributed by atoms with Crippen molar-refractivity contribution in [3.63, 3.8) is 0 Å². The molecule has 0 spiro atoms. The summed E-state index contributed by atoms with van der Waals surface area (Å²) < 4.78 is 23.2. The molecule has 1 N–H and O–H groups in total. The van der Waals surface area contributed by atoms with Gasteiger partial charge in [0.1, 0.15) is 11.4 Å². The third-order valence-electron chi connectivity index (χ3n) is 6.91. The van der Waals surface area contributed by atoms with Gasteiger partial charge in [0.25, 0.3) is 5.56 Å². The molecule has 8 heteroatoms. The Labute approximate surface area is 226 Å². The van der Waals surface area contributed by atoms with Crippen molar-refractivity contribution in [3.05, 3.63) is 106 Å². The second-order valence-electron chi connectivity index (χ2n) is 9.64. The van der Waals surface area contributed by atoms with Gasteiger partial charge >= 0.3 is 5.63 Å². The third kappa shape index (κ3) is 4.99. The number of hydrogen-bond donors (Lipinski definition) is 1. The van der Waals surface area contributed by atoms with E-state index < -0.39 is 5.63 Å². The summed E-state index contributed by atoms with van der Waals surface area (Å²) in [5.41, 5.74) is 3.78. The molecule has 1 amide bonds. The largest absolute Gasteiger partial charge is 0.422 e. The van der Waals surface area contributed by atoms with Crippen LogP contribution in [0.15, 0.2) is 56.5 Å². The van der Waals surface area contributed by atoms with Gasteiger partial charge < -0.3 is 14.3 Å². The fourth-order valence-corrected chi connectivity index (χ4v) is 5.37. The van der Waals surface area contributed by atoms with Crippen molar-refractivity contribution in [1.82, 2.24) is 4.57 Å². The number of nitrogens with one attached hydrogen (secondary N) is 1. The van der Waals surface area contributed by atoms with Gasteiger partial charge in [0.15, 0.2) is 0 Å². The predicted octanol–water partition coefficient (Wildman–Crippen LogP) is 5.79. The summed E-state index contributed by atoms with van der Waals surface area (Å²) in [7, 11) is 0. The quantitative estimate of drug-likeness (QED) is 0.280. The summed E-state index contributed by atoms with van der Waals surface area (Å²) in [6, 6.07) is 12.5. The Kier molecular flexibility index (Phi) is 6.78. The molecule has 4 aromatic rings. The topological polar surface area (TPSA) is 81.3 Å². The molecular formula is C29H26FIN2O4. The maximum absolute atomic E-state index is 14.8. The van der Waals surface area contributed by atoms with E-state index >= 15 is 0 Å². The number of aromatic nitrogens is 1. The lowest BCUT2D eigenvalue weighted by Crippen LogP contribution is -2.26. The highest BCUT2D eigenvalue weighted by Crippen LogP contribution is 2.37. The Morgan fingerprint density at radius 2 is 1.86 bits per heavy atom. The van der Waals surface area contributed by atoms with E-state index in [1.807, 2.05) is 58.3 Å². The number of carbonyl (C=O) groups excluding carboxylic acids is 1. The van der Waals surface area contributed by atoms with Crippen LogP contribution in [0.1, 0.15) is 59.3 Å². The van der Waals surface area contributed by atoms with Gasteiger partial charge in [-0.15, -0.1) is 0 Å². The maximum atomic E-state index is 14.8. The molecule has 0 saturated heterocycles. The second-order valence-corrected chi connectivity index (χ2v) is 10.9. The average molecular weight is 612 g/mol. The first kappa shape index (κ1) is 25.4. The zero-order chi connectivity index (χ0) is 26.4. The van der Waals surface area contributed by atoms with E-state index in [1.54, 1.807) is 19.1 Å². The summed E-state index contributed by atoms with van der Waals surface area (Å²) in [5.74, 6) is -0.549. The molecule has 37 heavy (non-hydrogen) atoms.